The SMILES string of the molecule is COC(C)(C)CCO.COc1ccc(SCC(O)COCCC(C)C)cc1. The van der Waals surface area contributed by atoms with Crippen LogP contribution in [0.15, 0.2) is 29.2 Å². The molecule has 0 radical (unpaired) electrons. The molecule has 0 bridgehead atoms. The predicted octanol–water partition coefficient (Wildman–Crippen LogP) is 4.00. The molecule has 1 atom stereocenters. The average Bonchev–Trinajstić information content (AvgIpc) is 2.64. The van der Waals surface area contributed by atoms with Crippen LogP contribution in [0.3, 0.4) is 0 Å². The second kappa shape index (κ2) is 15.2. The van der Waals surface area contributed by atoms with Gasteiger partial charge >= 0.3 is 0 Å². The van der Waals surface area contributed by atoms with Crippen LogP contribution in [-0.2, 0) is 9.47 Å². The molecule has 0 aromatic heterocycles. The van der Waals surface area contributed by atoms with Crippen molar-refractivity contribution in [3.8, 4) is 5.75 Å². The molecule has 0 spiro atoms. The molecule has 0 heterocycles. The van der Waals surface area contributed by atoms with Gasteiger partial charge in [-0.3, -0.25) is 0 Å². The van der Waals surface area contributed by atoms with Gasteiger partial charge in [-0.2, -0.15) is 0 Å². The summed E-state index contributed by atoms with van der Waals surface area (Å²) in [7, 11) is 3.30. The fraction of sp³-hybridized carbons (Fsp3) is 0.714. The lowest BCUT2D eigenvalue weighted by Gasteiger charge is -2.20. The van der Waals surface area contributed by atoms with E-state index in [0.29, 0.717) is 24.7 Å². The molecule has 1 aromatic carbocycles. The standard InChI is InChI=1S/C15H24O3S.C6H14O2/c1-12(2)8-9-18-10-13(16)11-19-15-6-4-14(17-3)5-7-15;1-6(2,8-3)4-5-7/h4-7,12-13,16H,8-11H2,1-3H3;7H,4-5H2,1-3H3. The first kappa shape index (κ1) is 26.2. The first-order valence-electron chi connectivity index (χ1n) is 9.42. The zero-order valence-corrected chi connectivity index (χ0v) is 18.6. The van der Waals surface area contributed by atoms with E-state index in [1.165, 1.54) is 0 Å². The molecule has 27 heavy (non-hydrogen) atoms. The molecule has 0 amide bonds. The van der Waals surface area contributed by atoms with Crippen LogP contribution in [-0.4, -0.2) is 61.7 Å². The number of rotatable bonds is 12. The summed E-state index contributed by atoms with van der Waals surface area (Å²) in [6.07, 6.45) is 1.32. The molecule has 2 N–H and O–H groups in total. The number of aliphatic hydroxyl groups excluding tert-OH is 2. The fourth-order valence-corrected chi connectivity index (χ4v) is 2.63. The van der Waals surface area contributed by atoms with E-state index in [-0.39, 0.29) is 12.2 Å². The van der Waals surface area contributed by atoms with Crippen molar-refractivity contribution in [1.82, 2.24) is 0 Å². The minimum atomic E-state index is -0.417. The van der Waals surface area contributed by atoms with Crippen LogP contribution in [0.1, 0.15) is 40.5 Å². The van der Waals surface area contributed by atoms with Gasteiger partial charge in [0.25, 0.3) is 0 Å². The van der Waals surface area contributed by atoms with Gasteiger partial charge in [-0.1, -0.05) is 13.8 Å². The minimum Gasteiger partial charge on any atom is -0.497 e. The molecule has 0 aliphatic rings. The second-order valence-corrected chi connectivity index (χ2v) is 8.43. The van der Waals surface area contributed by atoms with Gasteiger partial charge in [0, 0.05) is 31.0 Å². The number of ether oxygens (including phenoxy) is 3. The highest BCUT2D eigenvalue weighted by Crippen LogP contribution is 2.22. The zero-order valence-electron chi connectivity index (χ0n) is 17.7. The Hall–Kier alpha value is -0.790. The number of hydrogen-bond acceptors (Lipinski definition) is 6. The van der Waals surface area contributed by atoms with Gasteiger partial charge in [0.2, 0.25) is 0 Å². The summed E-state index contributed by atoms with van der Waals surface area (Å²) in [6.45, 7) is 9.56. The van der Waals surface area contributed by atoms with Crippen molar-refractivity contribution in [2.45, 2.75) is 57.1 Å². The van der Waals surface area contributed by atoms with E-state index in [0.717, 1.165) is 23.7 Å². The summed E-state index contributed by atoms with van der Waals surface area (Å²) in [6, 6.07) is 7.84. The van der Waals surface area contributed by atoms with Gasteiger partial charge in [0.05, 0.1) is 25.4 Å². The van der Waals surface area contributed by atoms with Crippen LogP contribution >= 0.6 is 11.8 Å². The number of hydrogen-bond donors (Lipinski definition) is 2. The van der Waals surface area contributed by atoms with Crippen molar-refractivity contribution in [1.29, 1.82) is 0 Å². The summed E-state index contributed by atoms with van der Waals surface area (Å²) in [5.74, 6) is 2.14. The van der Waals surface area contributed by atoms with Gasteiger partial charge in [-0.15, -0.1) is 11.8 Å². The Morgan fingerprint density at radius 3 is 2.19 bits per heavy atom. The van der Waals surface area contributed by atoms with Crippen LogP contribution < -0.4 is 4.74 Å². The monoisotopic (exact) mass is 402 g/mol. The van der Waals surface area contributed by atoms with Crippen molar-refractivity contribution in [2.24, 2.45) is 5.92 Å². The molecule has 1 rings (SSSR count). The Morgan fingerprint density at radius 1 is 1.11 bits per heavy atom. The highest BCUT2D eigenvalue weighted by molar-refractivity contribution is 7.99. The Morgan fingerprint density at radius 2 is 1.74 bits per heavy atom. The van der Waals surface area contributed by atoms with Crippen molar-refractivity contribution < 1.29 is 24.4 Å². The largest absolute Gasteiger partial charge is 0.497 e. The van der Waals surface area contributed by atoms with E-state index in [1.807, 2.05) is 38.1 Å². The maximum absolute atomic E-state index is 9.81. The number of benzene rings is 1. The van der Waals surface area contributed by atoms with E-state index in [9.17, 15) is 5.11 Å². The third kappa shape index (κ3) is 14.9. The number of thioether (sulfide) groups is 1. The van der Waals surface area contributed by atoms with E-state index in [1.54, 1.807) is 26.0 Å². The second-order valence-electron chi connectivity index (χ2n) is 7.34. The maximum atomic E-state index is 9.81. The summed E-state index contributed by atoms with van der Waals surface area (Å²) in [4.78, 5) is 1.13. The summed E-state index contributed by atoms with van der Waals surface area (Å²) in [5.41, 5.74) is -0.158. The van der Waals surface area contributed by atoms with Crippen molar-refractivity contribution in [3.63, 3.8) is 0 Å². The molecule has 1 unspecified atom stereocenters. The van der Waals surface area contributed by atoms with Crippen molar-refractivity contribution >= 4 is 11.8 Å². The topological polar surface area (TPSA) is 68.2 Å². The quantitative estimate of drug-likeness (QED) is 0.407. The van der Waals surface area contributed by atoms with Crippen LogP contribution in [0.2, 0.25) is 0 Å². The lowest BCUT2D eigenvalue weighted by Crippen LogP contribution is -2.23. The van der Waals surface area contributed by atoms with Crippen molar-refractivity contribution in [2.75, 3.05) is 39.8 Å². The Balaban J connectivity index is 0.000000713. The summed E-state index contributed by atoms with van der Waals surface area (Å²) < 4.78 is 15.6. The van der Waals surface area contributed by atoms with E-state index >= 15 is 0 Å². The van der Waals surface area contributed by atoms with E-state index < -0.39 is 6.10 Å². The Labute approximate surface area is 169 Å². The fourth-order valence-electron chi connectivity index (χ4n) is 1.82. The lowest BCUT2D eigenvalue weighted by atomic mass is 10.1. The Bertz CT molecular complexity index is 462. The van der Waals surface area contributed by atoms with Gasteiger partial charge in [0.15, 0.2) is 0 Å². The molecule has 1 aromatic rings. The Kier molecular flexibility index (Phi) is 14.7. The third-order valence-electron chi connectivity index (χ3n) is 3.92. The average molecular weight is 403 g/mol. The van der Waals surface area contributed by atoms with Crippen LogP contribution in [0.25, 0.3) is 0 Å². The molecular weight excluding hydrogens is 364 g/mol. The maximum Gasteiger partial charge on any atom is 0.118 e. The first-order chi connectivity index (χ1) is 12.7. The zero-order chi connectivity index (χ0) is 20.7. The van der Waals surface area contributed by atoms with Crippen LogP contribution in [0.5, 0.6) is 5.75 Å². The molecule has 0 fully saturated rings. The molecule has 5 nitrogen and oxygen atoms in total. The molecule has 0 aliphatic carbocycles. The summed E-state index contributed by atoms with van der Waals surface area (Å²) in [5, 5.41) is 18.3. The highest BCUT2D eigenvalue weighted by atomic mass is 32.2. The molecule has 0 saturated carbocycles. The molecule has 6 heteroatoms. The van der Waals surface area contributed by atoms with Gasteiger partial charge < -0.3 is 24.4 Å². The summed E-state index contributed by atoms with van der Waals surface area (Å²) >= 11 is 1.63. The van der Waals surface area contributed by atoms with Crippen LogP contribution in [0.4, 0.5) is 0 Å². The number of aliphatic hydroxyl groups is 2. The minimum absolute atomic E-state index is 0.158. The van der Waals surface area contributed by atoms with Gasteiger partial charge in [0.1, 0.15) is 5.75 Å². The normalized spacial score (nSPS) is 12.5. The third-order valence-corrected chi connectivity index (χ3v) is 5.07. The molecule has 0 saturated heterocycles. The number of methoxy groups -OCH3 is 2. The van der Waals surface area contributed by atoms with E-state index in [2.05, 4.69) is 13.8 Å². The predicted molar refractivity (Wildman–Crippen MR) is 113 cm³/mol. The van der Waals surface area contributed by atoms with Gasteiger partial charge in [-0.25, -0.2) is 0 Å². The lowest BCUT2D eigenvalue weighted by molar-refractivity contribution is 0.00292. The molecular formula is C21H38O5S. The van der Waals surface area contributed by atoms with Crippen molar-refractivity contribution in [3.05, 3.63) is 24.3 Å². The van der Waals surface area contributed by atoms with E-state index in [4.69, 9.17) is 19.3 Å². The molecule has 0 aliphatic heterocycles. The first-order valence-corrected chi connectivity index (χ1v) is 10.4. The van der Waals surface area contributed by atoms with Crippen LogP contribution in [0, 0.1) is 5.92 Å². The van der Waals surface area contributed by atoms with Gasteiger partial charge in [-0.05, 0) is 56.9 Å². The highest BCUT2D eigenvalue weighted by Gasteiger charge is 2.13. The molecule has 158 valence electrons. The smallest absolute Gasteiger partial charge is 0.118 e.